The second kappa shape index (κ2) is 7.33. The lowest BCUT2D eigenvalue weighted by Gasteiger charge is -2.11. The number of nitrogens with one attached hydrogen (secondary N) is 1. The van der Waals surface area contributed by atoms with Crippen molar-refractivity contribution >= 4 is 22.4 Å². The normalized spacial score (nSPS) is 12.4. The Hall–Kier alpha value is -1.72. The molecule has 1 amide bonds. The van der Waals surface area contributed by atoms with Gasteiger partial charge in [0.1, 0.15) is 0 Å². The van der Waals surface area contributed by atoms with Gasteiger partial charge in [-0.2, -0.15) is 0 Å². The molecule has 0 aliphatic heterocycles. The summed E-state index contributed by atoms with van der Waals surface area (Å²) in [5, 5.41) is 5.48. The van der Waals surface area contributed by atoms with Crippen LogP contribution in [0.5, 0.6) is 0 Å². The number of nitrogens with two attached hydrogens (primary N) is 1. The maximum Gasteiger partial charge on any atom is 0.226 e. The van der Waals surface area contributed by atoms with Gasteiger partial charge < -0.3 is 11.1 Å². The zero-order valence-electron chi connectivity index (χ0n) is 12.4. The molecule has 1 heterocycles. The molecule has 4 nitrogen and oxygen atoms in total. The third-order valence-corrected chi connectivity index (χ3v) is 4.05. The average Bonchev–Trinajstić information content (AvgIpc) is 2.94. The molecule has 2 rings (SSSR count). The Morgan fingerprint density at radius 3 is 2.67 bits per heavy atom. The molecule has 0 saturated heterocycles. The molecule has 1 atom stereocenters. The van der Waals surface area contributed by atoms with E-state index in [0.717, 1.165) is 11.3 Å². The van der Waals surface area contributed by atoms with Crippen molar-refractivity contribution in [2.75, 3.05) is 5.32 Å². The number of carbonyl (C=O) groups excluding carboxylic acids is 1. The van der Waals surface area contributed by atoms with E-state index in [2.05, 4.69) is 24.1 Å². The van der Waals surface area contributed by atoms with Gasteiger partial charge in [0, 0.05) is 17.8 Å². The van der Waals surface area contributed by atoms with Gasteiger partial charge in [-0.3, -0.25) is 4.79 Å². The van der Waals surface area contributed by atoms with E-state index in [-0.39, 0.29) is 11.9 Å². The highest BCUT2D eigenvalue weighted by atomic mass is 32.1. The van der Waals surface area contributed by atoms with Crippen molar-refractivity contribution < 1.29 is 4.79 Å². The van der Waals surface area contributed by atoms with Crippen LogP contribution in [0.25, 0.3) is 0 Å². The number of benzene rings is 1. The summed E-state index contributed by atoms with van der Waals surface area (Å²) in [6.45, 7) is 4.17. The standard InChI is InChI=1S/C16H21N3OS/c1-11(2)14-10-21-16(18-14)19-15(20)9-8-13(17)12-6-4-3-5-7-12/h3-7,10-11,13H,8-9,17H2,1-2H3,(H,18,19,20). The van der Waals surface area contributed by atoms with Crippen molar-refractivity contribution in [3.63, 3.8) is 0 Å². The van der Waals surface area contributed by atoms with Crippen molar-refractivity contribution in [1.29, 1.82) is 0 Å². The molecule has 0 radical (unpaired) electrons. The van der Waals surface area contributed by atoms with Crippen LogP contribution in [0.4, 0.5) is 5.13 Å². The minimum Gasteiger partial charge on any atom is -0.324 e. The molecule has 0 aliphatic rings. The number of anilines is 1. The molecular weight excluding hydrogens is 282 g/mol. The third kappa shape index (κ3) is 4.65. The van der Waals surface area contributed by atoms with Crippen LogP contribution in [0, 0.1) is 0 Å². The topological polar surface area (TPSA) is 68.0 Å². The van der Waals surface area contributed by atoms with Crippen LogP contribution in [0.15, 0.2) is 35.7 Å². The SMILES string of the molecule is CC(C)c1csc(NC(=O)CCC(N)c2ccccc2)n1. The second-order valence-corrected chi connectivity index (χ2v) is 6.19. The van der Waals surface area contributed by atoms with Crippen LogP contribution in [0.2, 0.25) is 0 Å². The molecule has 0 saturated carbocycles. The van der Waals surface area contributed by atoms with Crippen LogP contribution >= 0.6 is 11.3 Å². The van der Waals surface area contributed by atoms with E-state index in [0.29, 0.717) is 23.9 Å². The van der Waals surface area contributed by atoms with E-state index < -0.39 is 0 Å². The molecule has 0 bridgehead atoms. The van der Waals surface area contributed by atoms with Crippen LogP contribution in [-0.2, 0) is 4.79 Å². The molecule has 1 aromatic carbocycles. The van der Waals surface area contributed by atoms with Gasteiger partial charge in [-0.25, -0.2) is 4.98 Å². The summed E-state index contributed by atoms with van der Waals surface area (Å²) in [5.41, 5.74) is 8.16. The van der Waals surface area contributed by atoms with E-state index in [1.165, 1.54) is 11.3 Å². The van der Waals surface area contributed by atoms with Gasteiger partial charge in [0.15, 0.2) is 5.13 Å². The lowest BCUT2D eigenvalue weighted by Crippen LogP contribution is -2.16. The number of thiazole rings is 1. The molecule has 1 aromatic heterocycles. The van der Waals surface area contributed by atoms with Crippen molar-refractivity contribution in [1.82, 2.24) is 4.98 Å². The number of carbonyl (C=O) groups is 1. The van der Waals surface area contributed by atoms with Gasteiger partial charge in [0.25, 0.3) is 0 Å². The number of rotatable bonds is 6. The zero-order valence-corrected chi connectivity index (χ0v) is 13.2. The smallest absolute Gasteiger partial charge is 0.226 e. The summed E-state index contributed by atoms with van der Waals surface area (Å²) in [6.07, 6.45) is 1.02. The molecule has 0 spiro atoms. The van der Waals surface area contributed by atoms with Gasteiger partial charge in [-0.05, 0) is 17.9 Å². The number of amides is 1. The first kappa shape index (κ1) is 15.7. The van der Waals surface area contributed by atoms with Crippen molar-refractivity contribution in [2.45, 2.75) is 38.6 Å². The number of aromatic nitrogens is 1. The summed E-state index contributed by atoms with van der Waals surface area (Å²) >= 11 is 1.46. The predicted octanol–water partition coefficient (Wildman–Crippen LogP) is 3.69. The average molecular weight is 303 g/mol. The molecular formula is C16H21N3OS. The lowest BCUT2D eigenvalue weighted by atomic mass is 10.0. The lowest BCUT2D eigenvalue weighted by molar-refractivity contribution is -0.116. The second-order valence-electron chi connectivity index (χ2n) is 5.34. The van der Waals surface area contributed by atoms with E-state index in [4.69, 9.17) is 5.73 Å². The Kier molecular flexibility index (Phi) is 5.47. The first-order valence-corrected chi connectivity index (χ1v) is 8.00. The summed E-state index contributed by atoms with van der Waals surface area (Å²) in [7, 11) is 0. The van der Waals surface area contributed by atoms with Gasteiger partial charge in [-0.1, -0.05) is 44.2 Å². The minimum atomic E-state index is -0.112. The predicted molar refractivity (Wildman–Crippen MR) is 87.4 cm³/mol. The summed E-state index contributed by atoms with van der Waals surface area (Å²) in [5.74, 6) is 0.337. The van der Waals surface area contributed by atoms with Gasteiger partial charge >= 0.3 is 0 Å². The molecule has 0 aliphatic carbocycles. The number of nitrogens with zero attached hydrogens (tertiary/aromatic N) is 1. The maximum absolute atomic E-state index is 11.9. The molecule has 3 N–H and O–H groups in total. The molecule has 0 fully saturated rings. The van der Waals surface area contributed by atoms with Crippen LogP contribution in [0.3, 0.4) is 0 Å². The van der Waals surface area contributed by atoms with Crippen LogP contribution in [0.1, 0.15) is 49.9 Å². The summed E-state index contributed by atoms with van der Waals surface area (Å²) in [4.78, 5) is 16.3. The quantitative estimate of drug-likeness (QED) is 0.855. The third-order valence-electron chi connectivity index (χ3n) is 3.27. The minimum absolute atomic E-state index is 0.0361. The maximum atomic E-state index is 11.9. The highest BCUT2D eigenvalue weighted by molar-refractivity contribution is 7.13. The summed E-state index contributed by atoms with van der Waals surface area (Å²) < 4.78 is 0. The van der Waals surface area contributed by atoms with Crippen LogP contribution in [-0.4, -0.2) is 10.9 Å². The summed E-state index contributed by atoms with van der Waals surface area (Å²) in [6, 6.07) is 9.73. The van der Waals surface area contributed by atoms with Crippen molar-refractivity contribution in [3.8, 4) is 0 Å². The first-order chi connectivity index (χ1) is 10.1. The van der Waals surface area contributed by atoms with Gasteiger partial charge in [0.05, 0.1) is 5.69 Å². The fourth-order valence-electron chi connectivity index (χ4n) is 1.94. The monoisotopic (exact) mass is 303 g/mol. The van der Waals surface area contributed by atoms with E-state index in [1.54, 1.807) is 0 Å². The van der Waals surface area contributed by atoms with E-state index in [1.807, 2.05) is 35.7 Å². The van der Waals surface area contributed by atoms with Gasteiger partial charge in [-0.15, -0.1) is 11.3 Å². The fraction of sp³-hybridized carbons (Fsp3) is 0.375. The van der Waals surface area contributed by atoms with Crippen molar-refractivity contribution in [2.24, 2.45) is 5.73 Å². The van der Waals surface area contributed by atoms with E-state index in [9.17, 15) is 4.79 Å². The van der Waals surface area contributed by atoms with Crippen LogP contribution < -0.4 is 11.1 Å². The highest BCUT2D eigenvalue weighted by Gasteiger charge is 2.11. The zero-order chi connectivity index (χ0) is 15.2. The molecule has 2 aromatic rings. The molecule has 1 unspecified atom stereocenters. The van der Waals surface area contributed by atoms with Gasteiger partial charge in [0.2, 0.25) is 5.91 Å². The Morgan fingerprint density at radius 1 is 1.33 bits per heavy atom. The largest absolute Gasteiger partial charge is 0.324 e. The fourth-order valence-corrected chi connectivity index (χ4v) is 2.83. The Morgan fingerprint density at radius 2 is 2.05 bits per heavy atom. The van der Waals surface area contributed by atoms with Crippen molar-refractivity contribution in [3.05, 3.63) is 47.0 Å². The molecule has 21 heavy (non-hydrogen) atoms. The first-order valence-electron chi connectivity index (χ1n) is 7.12. The Balaban J connectivity index is 1.82. The number of hydrogen-bond donors (Lipinski definition) is 2. The Bertz CT molecular complexity index is 580. The highest BCUT2D eigenvalue weighted by Crippen LogP contribution is 2.22. The Labute approximate surface area is 129 Å². The van der Waals surface area contributed by atoms with E-state index >= 15 is 0 Å². The molecule has 5 heteroatoms. The number of hydrogen-bond acceptors (Lipinski definition) is 4. The molecule has 112 valence electrons.